The quantitative estimate of drug-likeness (QED) is 0.136. The molecule has 1 heterocycles. The number of fused-ring (bicyclic) bond motifs is 1. The lowest BCUT2D eigenvalue weighted by Crippen LogP contribution is -2.44. The minimum Gasteiger partial charge on any atom is -0.508 e. The number of aromatic hydroxyl groups is 1. The van der Waals surface area contributed by atoms with Gasteiger partial charge >= 0.3 is 11.9 Å². The minimum atomic E-state index is -0.949. The number of nitrogens with zero attached hydrogens (tertiary/aromatic N) is 1. The molecular weight excluding hydrogens is 581 g/mol. The number of halogens is 2. The first-order valence-electron chi connectivity index (χ1n) is 12.7. The summed E-state index contributed by atoms with van der Waals surface area (Å²) in [6.45, 7) is 0.117. The second kappa shape index (κ2) is 12.7. The van der Waals surface area contributed by atoms with Gasteiger partial charge in [0.15, 0.2) is 0 Å². The van der Waals surface area contributed by atoms with E-state index >= 15 is 0 Å². The molecular formula is C32H25Cl2NO5S. The number of hydroxylamine groups is 2. The standard InChI is InChI=1S/C32H25Cl2NO5S/c1-39-31(37)28(16-20-4-13-27(36)14-5-20)35(19-21-2-9-25(33)10-3-21)40-32(38)30-18-24-17-23(8-15-29(24)41-30)22-6-11-26(34)12-7-22/h2-15,17-18,28,36H,16,19H2,1H3/t28-/m0/s1. The molecule has 0 unspecified atom stereocenters. The van der Waals surface area contributed by atoms with Gasteiger partial charge in [-0.05, 0) is 82.2 Å². The molecule has 1 aromatic heterocycles. The number of carbonyl (C=O) groups is 2. The molecule has 208 valence electrons. The molecule has 0 aliphatic carbocycles. The zero-order chi connectivity index (χ0) is 28.9. The Hall–Kier alpha value is -3.88. The molecule has 0 bridgehead atoms. The Balaban J connectivity index is 1.44. The van der Waals surface area contributed by atoms with Gasteiger partial charge in [-0.3, -0.25) is 4.79 Å². The Kier molecular flexibility index (Phi) is 8.90. The van der Waals surface area contributed by atoms with Crippen molar-refractivity contribution in [1.82, 2.24) is 5.06 Å². The maximum atomic E-state index is 13.5. The van der Waals surface area contributed by atoms with Crippen LogP contribution in [0.5, 0.6) is 5.75 Å². The number of hydrogen-bond acceptors (Lipinski definition) is 7. The third kappa shape index (κ3) is 7.07. The first kappa shape index (κ1) is 28.6. The molecule has 5 rings (SSSR count). The van der Waals surface area contributed by atoms with Crippen LogP contribution in [0.25, 0.3) is 21.2 Å². The molecule has 9 heteroatoms. The zero-order valence-electron chi connectivity index (χ0n) is 21.9. The molecule has 0 aliphatic rings. The summed E-state index contributed by atoms with van der Waals surface area (Å²) in [6, 6.07) is 27.9. The van der Waals surface area contributed by atoms with Crippen LogP contribution in [0, 0.1) is 0 Å². The van der Waals surface area contributed by atoms with Crippen LogP contribution in [0.2, 0.25) is 10.0 Å². The highest BCUT2D eigenvalue weighted by Gasteiger charge is 2.31. The molecule has 0 amide bonds. The van der Waals surface area contributed by atoms with Gasteiger partial charge in [-0.2, -0.15) is 0 Å². The number of ether oxygens (including phenoxy) is 1. The van der Waals surface area contributed by atoms with Gasteiger partial charge in [-0.15, -0.1) is 16.4 Å². The van der Waals surface area contributed by atoms with Gasteiger partial charge in [0.2, 0.25) is 0 Å². The van der Waals surface area contributed by atoms with Crippen LogP contribution < -0.4 is 0 Å². The molecule has 1 N–H and O–H groups in total. The molecule has 0 fully saturated rings. The van der Waals surface area contributed by atoms with Gasteiger partial charge in [-0.1, -0.05) is 65.7 Å². The third-order valence-corrected chi connectivity index (χ3v) is 8.13. The Morgan fingerprint density at radius 3 is 2.10 bits per heavy atom. The van der Waals surface area contributed by atoms with Crippen molar-refractivity contribution >= 4 is 56.6 Å². The lowest BCUT2D eigenvalue weighted by atomic mass is 10.0. The molecule has 0 saturated heterocycles. The largest absolute Gasteiger partial charge is 0.508 e. The zero-order valence-corrected chi connectivity index (χ0v) is 24.2. The Labute approximate surface area is 251 Å². The summed E-state index contributed by atoms with van der Waals surface area (Å²) in [4.78, 5) is 32.8. The monoisotopic (exact) mass is 605 g/mol. The van der Waals surface area contributed by atoms with Crippen molar-refractivity contribution in [2.75, 3.05) is 7.11 Å². The van der Waals surface area contributed by atoms with Gasteiger partial charge in [0.1, 0.15) is 16.7 Å². The molecule has 0 saturated carbocycles. The number of phenolic OH excluding ortho intramolecular Hbond substituents is 1. The number of methoxy groups -OCH3 is 1. The summed E-state index contributed by atoms with van der Waals surface area (Å²) in [6.07, 6.45) is 0.185. The molecule has 0 radical (unpaired) electrons. The van der Waals surface area contributed by atoms with E-state index in [-0.39, 0.29) is 18.7 Å². The molecule has 5 aromatic rings. The van der Waals surface area contributed by atoms with E-state index in [1.165, 1.54) is 35.6 Å². The average Bonchev–Trinajstić information content (AvgIpc) is 3.41. The van der Waals surface area contributed by atoms with E-state index in [1.54, 1.807) is 42.5 Å². The van der Waals surface area contributed by atoms with Crippen molar-refractivity contribution in [3.63, 3.8) is 0 Å². The van der Waals surface area contributed by atoms with Gasteiger partial charge < -0.3 is 14.7 Å². The van der Waals surface area contributed by atoms with Crippen LogP contribution in [0.15, 0.2) is 97.1 Å². The molecule has 0 aliphatic heterocycles. The van der Waals surface area contributed by atoms with Crippen LogP contribution in [0.4, 0.5) is 0 Å². The van der Waals surface area contributed by atoms with Crippen LogP contribution in [0.1, 0.15) is 20.8 Å². The summed E-state index contributed by atoms with van der Waals surface area (Å²) in [7, 11) is 1.29. The van der Waals surface area contributed by atoms with Crippen LogP contribution in [0.3, 0.4) is 0 Å². The second-order valence-electron chi connectivity index (χ2n) is 9.36. The summed E-state index contributed by atoms with van der Waals surface area (Å²) < 4.78 is 6.02. The van der Waals surface area contributed by atoms with Crippen molar-refractivity contribution in [2.24, 2.45) is 0 Å². The Morgan fingerprint density at radius 1 is 0.829 bits per heavy atom. The highest BCUT2D eigenvalue weighted by atomic mass is 35.5. The fourth-order valence-electron chi connectivity index (χ4n) is 4.39. The van der Waals surface area contributed by atoms with Crippen molar-refractivity contribution < 1.29 is 24.3 Å². The number of rotatable bonds is 9. The van der Waals surface area contributed by atoms with Crippen molar-refractivity contribution in [2.45, 2.75) is 19.0 Å². The molecule has 0 spiro atoms. The van der Waals surface area contributed by atoms with Crippen molar-refractivity contribution in [3.05, 3.63) is 123 Å². The van der Waals surface area contributed by atoms with Gasteiger partial charge in [0, 0.05) is 21.2 Å². The minimum absolute atomic E-state index is 0.108. The molecule has 41 heavy (non-hydrogen) atoms. The maximum Gasteiger partial charge on any atom is 0.367 e. The third-order valence-electron chi connectivity index (χ3n) is 6.53. The number of benzene rings is 4. The SMILES string of the molecule is COC(=O)[C@H](Cc1ccc(O)cc1)N(Cc1ccc(Cl)cc1)OC(=O)c1cc2cc(-c3ccc(Cl)cc3)ccc2s1. The van der Waals surface area contributed by atoms with E-state index in [2.05, 4.69) is 0 Å². The summed E-state index contributed by atoms with van der Waals surface area (Å²) >= 11 is 13.4. The first-order chi connectivity index (χ1) is 19.8. The summed E-state index contributed by atoms with van der Waals surface area (Å²) in [5.41, 5.74) is 3.55. The van der Waals surface area contributed by atoms with E-state index in [4.69, 9.17) is 32.8 Å². The van der Waals surface area contributed by atoms with E-state index in [0.717, 1.165) is 32.3 Å². The van der Waals surface area contributed by atoms with Gasteiger partial charge in [0.25, 0.3) is 0 Å². The van der Waals surface area contributed by atoms with Crippen LogP contribution in [-0.2, 0) is 27.3 Å². The summed E-state index contributed by atoms with van der Waals surface area (Å²) in [5.74, 6) is -1.05. The fraction of sp³-hybridized carbons (Fsp3) is 0.125. The van der Waals surface area contributed by atoms with Crippen LogP contribution in [-0.4, -0.2) is 35.3 Å². The lowest BCUT2D eigenvalue weighted by molar-refractivity contribution is -0.177. The van der Waals surface area contributed by atoms with Gasteiger partial charge in [0.05, 0.1) is 13.7 Å². The molecule has 6 nitrogen and oxygen atoms in total. The average molecular weight is 607 g/mol. The predicted octanol–water partition coefficient (Wildman–Crippen LogP) is 7.94. The molecule has 1 atom stereocenters. The first-order valence-corrected chi connectivity index (χ1v) is 14.2. The van der Waals surface area contributed by atoms with E-state index in [1.807, 2.05) is 42.5 Å². The summed E-state index contributed by atoms with van der Waals surface area (Å²) in [5, 5.41) is 13.1. The fourth-order valence-corrected chi connectivity index (χ4v) is 5.55. The second-order valence-corrected chi connectivity index (χ2v) is 11.3. The van der Waals surface area contributed by atoms with E-state index < -0.39 is 18.0 Å². The number of esters is 1. The number of carbonyl (C=O) groups excluding carboxylic acids is 2. The highest BCUT2D eigenvalue weighted by Crippen LogP contribution is 2.32. The lowest BCUT2D eigenvalue weighted by Gasteiger charge is -2.28. The predicted molar refractivity (Wildman–Crippen MR) is 162 cm³/mol. The number of thiophene rings is 1. The van der Waals surface area contributed by atoms with E-state index in [9.17, 15) is 14.7 Å². The number of phenols is 1. The highest BCUT2D eigenvalue weighted by molar-refractivity contribution is 7.20. The smallest absolute Gasteiger partial charge is 0.367 e. The Bertz CT molecular complexity index is 1670. The molecule has 4 aromatic carbocycles. The van der Waals surface area contributed by atoms with Crippen molar-refractivity contribution in [1.29, 1.82) is 0 Å². The topological polar surface area (TPSA) is 76.1 Å². The van der Waals surface area contributed by atoms with Gasteiger partial charge in [-0.25, -0.2) is 4.79 Å². The van der Waals surface area contributed by atoms with E-state index in [0.29, 0.717) is 14.9 Å². The normalized spacial score (nSPS) is 11.9. The Morgan fingerprint density at radius 2 is 1.44 bits per heavy atom. The van der Waals surface area contributed by atoms with Crippen molar-refractivity contribution in [3.8, 4) is 16.9 Å². The van der Waals surface area contributed by atoms with Crippen LogP contribution >= 0.6 is 34.5 Å². The number of hydrogen-bond donors (Lipinski definition) is 1. The maximum absolute atomic E-state index is 13.5.